The van der Waals surface area contributed by atoms with E-state index in [0.717, 1.165) is 33.4 Å². The summed E-state index contributed by atoms with van der Waals surface area (Å²) in [4.78, 5) is 11.6. The molecule has 0 aliphatic heterocycles. The fourth-order valence-corrected chi connectivity index (χ4v) is 3.11. The Morgan fingerprint density at radius 1 is 0.964 bits per heavy atom. The molecule has 28 heavy (non-hydrogen) atoms. The maximum Gasteiger partial charge on any atom is 0.330 e. The van der Waals surface area contributed by atoms with E-state index < -0.39 is 5.97 Å². The second kappa shape index (κ2) is 9.16. The van der Waals surface area contributed by atoms with Crippen LogP contribution < -0.4 is 0 Å². The van der Waals surface area contributed by atoms with Crippen molar-refractivity contribution in [3.05, 3.63) is 96.1 Å². The van der Waals surface area contributed by atoms with Crippen LogP contribution >= 0.6 is 0 Å². The third-order valence-corrected chi connectivity index (χ3v) is 4.69. The smallest absolute Gasteiger partial charge is 0.330 e. The molecule has 0 radical (unpaired) electrons. The summed E-state index contributed by atoms with van der Waals surface area (Å²) in [6.07, 6.45) is 1.81. The van der Waals surface area contributed by atoms with Crippen LogP contribution in [-0.4, -0.2) is 17.7 Å². The van der Waals surface area contributed by atoms with Gasteiger partial charge in [-0.1, -0.05) is 72.8 Å². The molecule has 1 N–H and O–H groups in total. The summed E-state index contributed by atoms with van der Waals surface area (Å²) in [5, 5.41) is 9.09. The molecular formula is C25H24O3. The number of ether oxygens (including phenoxy) is 1. The zero-order valence-corrected chi connectivity index (χ0v) is 16.0. The van der Waals surface area contributed by atoms with E-state index >= 15 is 0 Å². The highest BCUT2D eigenvalue weighted by atomic mass is 16.5. The second-order valence-electron chi connectivity index (χ2n) is 6.72. The lowest BCUT2D eigenvalue weighted by molar-refractivity contribution is -0.138. The number of rotatable bonds is 7. The third-order valence-electron chi connectivity index (χ3n) is 4.69. The number of carbonyl (C=O) groups is 1. The van der Waals surface area contributed by atoms with Gasteiger partial charge in [0.25, 0.3) is 0 Å². The maximum atomic E-state index is 11.6. The average Bonchev–Trinajstić information content (AvgIpc) is 2.73. The fraction of sp³-hybridized carbons (Fsp3) is 0.160. The quantitative estimate of drug-likeness (QED) is 0.464. The van der Waals surface area contributed by atoms with Gasteiger partial charge >= 0.3 is 5.97 Å². The summed E-state index contributed by atoms with van der Waals surface area (Å²) in [6, 6.07) is 22.7. The third kappa shape index (κ3) is 4.76. The normalized spacial score (nSPS) is 10.5. The maximum absolute atomic E-state index is 11.6. The zero-order valence-electron chi connectivity index (χ0n) is 16.0. The molecule has 142 valence electrons. The largest absolute Gasteiger partial charge is 0.458 e. The standard InChI is InChI=1S/C25H24O3/c1-3-25(27)28-17-23-16-22(20-8-4-18(2)5-9-20)12-13-24(23)21-10-6-19(7-11-21)14-15-26/h3-13,16,26H,1,14-15,17H2,2H3. The van der Waals surface area contributed by atoms with Crippen LogP contribution in [0, 0.1) is 6.92 Å². The lowest BCUT2D eigenvalue weighted by atomic mass is 9.94. The first kappa shape index (κ1) is 19.6. The lowest BCUT2D eigenvalue weighted by Gasteiger charge is -2.13. The number of benzene rings is 3. The minimum absolute atomic E-state index is 0.132. The van der Waals surface area contributed by atoms with Crippen molar-refractivity contribution in [1.82, 2.24) is 0 Å². The van der Waals surface area contributed by atoms with Crippen molar-refractivity contribution in [2.75, 3.05) is 6.61 Å². The second-order valence-corrected chi connectivity index (χ2v) is 6.72. The van der Waals surface area contributed by atoms with Gasteiger partial charge in [0.2, 0.25) is 0 Å². The van der Waals surface area contributed by atoms with Gasteiger partial charge in [0.05, 0.1) is 0 Å². The first-order chi connectivity index (χ1) is 13.6. The minimum atomic E-state index is -0.440. The van der Waals surface area contributed by atoms with Crippen LogP contribution in [-0.2, 0) is 22.6 Å². The molecule has 0 aliphatic rings. The summed E-state index contributed by atoms with van der Waals surface area (Å²) >= 11 is 0. The summed E-state index contributed by atoms with van der Waals surface area (Å²) < 4.78 is 5.32. The van der Waals surface area contributed by atoms with Gasteiger partial charge < -0.3 is 9.84 Å². The molecule has 3 rings (SSSR count). The van der Waals surface area contributed by atoms with Gasteiger partial charge in [0, 0.05) is 12.7 Å². The number of aryl methyl sites for hydroxylation is 1. The Bertz CT molecular complexity index is 954. The van der Waals surface area contributed by atoms with E-state index in [9.17, 15) is 4.79 Å². The summed E-state index contributed by atoms with van der Waals surface area (Å²) in [6.45, 7) is 5.83. The van der Waals surface area contributed by atoms with E-state index in [2.05, 4.69) is 56.0 Å². The molecule has 0 aliphatic carbocycles. The Morgan fingerprint density at radius 2 is 1.61 bits per heavy atom. The van der Waals surface area contributed by atoms with Crippen molar-refractivity contribution in [2.24, 2.45) is 0 Å². The molecule has 0 atom stereocenters. The Morgan fingerprint density at radius 3 is 2.25 bits per heavy atom. The van der Waals surface area contributed by atoms with Crippen LogP contribution in [0.3, 0.4) is 0 Å². The van der Waals surface area contributed by atoms with Crippen molar-refractivity contribution in [3.63, 3.8) is 0 Å². The number of esters is 1. The highest BCUT2D eigenvalue weighted by Gasteiger charge is 2.10. The van der Waals surface area contributed by atoms with Crippen molar-refractivity contribution in [1.29, 1.82) is 0 Å². The molecule has 3 aromatic carbocycles. The molecule has 0 fully saturated rings. The van der Waals surface area contributed by atoms with Crippen LogP contribution in [0.15, 0.2) is 79.4 Å². The average molecular weight is 372 g/mol. The molecule has 0 heterocycles. The topological polar surface area (TPSA) is 46.5 Å². The van der Waals surface area contributed by atoms with Crippen LogP contribution in [0.5, 0.6) is 0 Å². The minimum Gasteiger partial charge on any atom is -0.458 e. The van der Waals surface area contributed by atoms with Crippen molar-refractivity contribution in [2.45, 2.75) is 20.0 Å². The summed E-state index contributed by atoms with van der Waals surface area (Å²) in [5.74, 6) is -0.440. The SMILES string of the molecule is C=CC(=O)OCc1cc(-c2ccc(C)cc2)ccc1-c1ccc(CCO)cc1. The fourth-order valence-electron chi connectivity index (χ4n) is 3.11. The van der Waals surface area contributed by atoms with Crippen LogP contribution in [0.2, 0.25) is 0 Å². The Kier molecular flexibility index (Phi) is 6.41. The Balaban J connectivity index is 1.98. The van der Waals surface area contributed by atoms with Gasteiger partial charge in [0.1, 0.15) is 6.61 Å². The van der Waals surface area contributed by atoms with Crippen LogP contribution in [0.25, 0.3) is 22.3 Å². The molecule has 0 saturated heterocycles. The highest BCUT2D eigenvalue weighted by Crippen LogP contribution is 2.30. The van der Waals surface area contributed by atoms with Crippen LogP contribution in [0.1, 0.15) is 16.7 Å². The molecule has 3 nitrogen and oxygen atoms in total. The molecule has 3 aromatic rings. The molecule has 0 amide bonds. The van der Waals surface area contributed by atoms with Crippen molar-refractivity contribution >= 4 is 5.97 Å². The van der Waals surface area contributed by atoms with Crippen molar-refractivity contribution < 1.29 is 14.6 Å². The molecule has 0 unspecified atom stereocenters. The highest BCUT2D eigenvalue weighted by molar-refractivity contribution is 5.81. The Hall–Kier alpha value is -3.17. The van der Waals surface area contributed by atoms with E-state index in [0.29, 0.717) is 6.42 Å². The van der Waals surface area contributed by atoms with Gasteiger partial charge in [-0.2, -0.15) is 0 Å². The van der Waals surface area contributed by atoms with E-state index in [1.165, 1.54) is 11.6 Å². The van der Waals surface area contributed by atoms with Gasteiger partial charge in [-0.15, -0.1) is 0 Å². The van der Waals surface area contributed by atoms with E-state index in [1.807, 2.05) is 24.3 Å². The molecule has 0 bridgehead atoms. The molecule has 0 spiro atoms. The Labute approximate surface area is 165 Å². The molecule has 0 aromatic heterocycles. The molecular weight excluding hydrogens is 348 g/mol. The first-order valence-electron chi connectivity index (χ1n) is 9.30. The molecule has 0 saturated carbocycles. The van der Waals surface area contributed by atoms with Gasteiger partial charge in [-0.25, -0.2) is 4.79 Å². The number of hydrogen-bond acceptors (Lipinski definition) is 3. The summed E-state index contributed by atoms with van der Waals surface area (Å²) in [7, 11) is 0. The number of hydrogen-bond donors (Lipinski definition) is 1. The number of aliphatic hydroxyl groups is 1. The molecule has 3 heteroatoms. The predicted octanol–water partition coefficient (Wildman–Crippen LogP) is 5.09. The number of aliphatic hydroxyl groups excluding tert-OH is 1. The van der Waals surface area contributed by atoms with Gasteiger partial charge in [-0.3, -0.25) is 0 Å². The van der Waals surface area contributed by atoms with Gasteiger partial charge in [-0.05, 0) is 52.8 Å². The lowest BCUT2D eigenvalue weighted by Crippen LogP contribution is -2.02. The van der Waals surface area contributed by atoms with E-state index in [-0.39, 0.29) is 13.2 Å². The van der Waals surface area contributed by atoms with Crippen molar-refractivity contribution in [3.8, 4) is 22.3 Å². The van der Waals surface area contributed by atoms with Gasteiger partial charge in [0.15, 0.2) is 0 Å². The predicted molar refractivity (Wildman–Crippen MR) is 113 cm³/mol. The monoisotopic (exact) mass is 372 g/mol. The number of carbonyl (C=O) groups excluding carboxylic acids is 1. The summed E-state index contributed by atoms with van der Waals surface area (Å²) in [5.41, 5.74) is 7.48. The van der Waals surface area contributed by atoms with Crippen LogP contribution in [0.4, 0.5) is 0 Å². The zero-order chi connectivity index (χ0) is 19.9. The van der Waals surface area contributed by atoms with E-state index in [4.69, 9.17) is 9.84 Å². The first-order valence-corrected chi connectivity index (χ1v) is 9.30. The van der Waals surface area contributed by atoms with E-state index in [1.54, 1.807) is 0 Å².